The van der Waals surface area contributed by atoms with Crippen LogP contribution in [-0.2, 0) is 4.79 Å². The predicted octanol–water partition coefficient (Wildman–Crippen LogP) is 4.26. The number of carbonyl (C=O) groups is 2. The highest BCUT2D eigenvalue weighted by atomic mass is 32.2. The number of benzene rings is 2. The summed E-state index contributed by atoms with van der Waals surface area (Å²) in [7, 11) is 0. The maximum Gasteiger partial charge on any atom is 0.234 e. The SMILES string of the molecule is CC(=O)c1ccc(NC(=O)CSc2nnc(-c3ccncc3)n2-c2ccccc2)cc1. The fourth-order valence-corrected chi connectivity index (χ4v) is 3.73. The summed E-state index contributed by atoms with van der Waals surface area (Å²) < 4.78 is 1.93. The van der Waals surface area contributed by atoms with E-state index in [1.165, 1.54) is 18.7 Å². The van der Waals surface area contributed by atoms with E-state index in [0.717, 1.165) is 11.3 Å². The van der Waals surface area contributed by atoms with Crippen LogP contribution in [0.1, 0.15) is 17.3 Å². The van der Waals surface area contributed by atoms with Gasteiger partial charge in [0.25, 0.3) is 0 Å². The van der Waals surface area contributed by atoms with Gasteiger partial charge in [0.15, 0.2) is 16.8 Å². The molecule has 0 atom stereocenters. The van der Waals surface area contributed by atoms with Gasteiger partial charge < -0.3 is 5.32 Å². The zero-order chi connectivity index (χ0) is 21.6. The number of nitrogens with one attached hydrogen (secondary N) is 1. The molecule has 0 radical (unpaired) electrons. The first-order valence-corrected chi connectivity index (χ1v) is 10.6. The average Bonchev–Trinajstić information content (AvgIpc) is 3.23. The van der Waals surface area contributed by atoms with Crippen LogP contribution in [0.5, 0.6) is 0 Å². The second-order valence-electron chi connectivity index (χ2n) is 6.68. The highest BCUT2D eigenvalue weighted by Gasteiger charge is 2.17. The summed E-state index contributed by atoms with van der Waals surface area (Å²) >= 11 is 1.30. The van der Waals surface area contributed by atoms with Crippen molar-refractivity contribution in [1.29, 1.82) is 0 Å². The topological polar surface area (TPSA) is 89.8 Å². The summed E-state index contributed by atoms with van der Waals surface area (Å²) in [6.07, 6.45) is 3.41. The Kier molecular flexibility index (Phi) is 6.18. The number of para-hydroxylation sites is 1. The van der Waals surface area contributed by atoms with Crippen LogP contribution in [0.2, 0.25) is 0 Å². The lowest BCUT2D eigenvalue weighted by Gasteiger charge is -2.10. The Balaban J connectivity index is 1.52. The average molecular weight is 430 g/mol. The summed E-state index contributed by atoms with van der Waals surface area (Å²) in [5.41, 5.74) is 3.03. The molecule has 4 rings (SSSR count). The van der Waals surface area contributed by atoms with E-state index in [-0.39, 0.29) is 17.4 Å². The number of rotatable bonds is 7. The molecule has 0 aliphatic heterocycles. The van der Waals surface area contributed by atoms with Crippen LogP contribution in [0.4, 0.5) is 5.69 Å². The van der Waals surface area contributed by atoms with Gasteiger partial charge >= 0.3 is 0 Å². The molecular weight excluding hydrogens is 410 g/mol. The van der Waals surface area contributed by atoms with Crippen molar-refractivity contribution >= 4 is 29.1 Å². The van der Waals surface area contributed by atoms with E-state index in [2.05, 4.69) is 20.5 Å². The van der Waals surface area contributed by atoms with Crippen molar-refractivity contribution in [3.8, 4) is 17.1 Å². The van der Waals surface area contributed by atoms with Crippen molar-refractivity contribution in [2.45, 2.75) is 12.1 Å². The second kappa shape index (κ2) is 9.36. The van der Waals surface area contributed by atoms with Crippen molar-refractivity contribution in [3.05, 3.63) is 84.7 Å². The molecule has 1 amide bonds. The van der Waals surface area contributed by atoms with E-state index in [1.54, 1.807) is 36.7 Å². The lowest BCUT2D eigenvalue weighted by molar-refractivity contribution is -0.113. The fourth-order valence-electron chi connectivity index (χ4n) is 2.98. The molecule has 0 unspecified atom stereocenters. The lowest BCUT2D eigenvalue weighted by atomic mass is 10.1. The van der Waals surface area contributed by atoms with Gasteiger partial charge in [-0.1, -0.05) is 30.0 Å². The third-order valence-corrected chi connectivity index (χ3v) is 5.42. The number of anilines is 1. The van der Waals surface area contributed by atoms with Gasteiger partial charge in [0.05, 0.1) is 5.75 Å². The Morgan fingerprint density at radius 3 is 2.32 bits per heavy atom. The summed E-state index contributed by atoms with van der Waals surface area (Å²) in [5, 5.41) is 12.1. The number of Topliss-reactive ketones (excluding diaryl/α,β-unsaturated/α-hetero) is 1. The van der Waals surface area contributed by atoms with Crippen LogP contribution in [0.15, 0.2) is 84.3 Å². The monoisotopic (exact) mass is 429 g/mol. The minimum atomic E-state index is -0.173. The van der Waals surface area contributed by atoms with Crippen molar-refractivity contribution in [2.24, 2.45) is 0 Å². The Labute approximate surface area is 183 Å². The molecular formula is C23H19N5O2S. The molecule has 0 aliphatic rings. The van der Waals surface area contributed by atoms with Crippen molar-refractivity contribution in [1.82, 2.24) is 19.7 Å². The molecule has 8 heteroatoms. The molecule has 0 bridgehead atoms. The van der Waals surface area contributed by atoms with Gasteiger partial charge in [-0.15, -0.1) is 10.2 Å². The molecule has 0 aliphatic carbocycles. The molecule has 31 heavy (non-hydrogen) atoms. The normalized spacial score (nSPS) is 10.6. The van der Waals surface area contributed by atoms with Gasteiger partial charge in [0.1, 0.15) is 0 Å². The van der Waals surface area contributed by atoms with E-state index in [0.29, 0.717) is 22.2 Å². The number of nitrogens with zero attached hydrogens (tertiary/aromatic N) is 4. The largest absolute Gasteiger partial charge is 0.325 e. The fraction of sp³-hybridized carbons (Fsp3) is 0.0870. The highest BCUT2D eigenvalue weighted by Crippen LogP contribution is 2.27. The number of ketones is 1. The Hall–Kier alpha value is -3.78. The van der Waals surface area contributed by atoms with Gasteiger partial charge in [-0.25, -0.2) is 0 Å². The van der Waals surface area contributed by atoms with Crippen LogP contribution in [0, 0.1) is 0 Å². The van der Waals surface area contributed by atoms with E-state index >= 15 is 0 Å². The molecule has 0 spiro atoms. The van der Waals surface area contributed by atoms with E-state index in [9.17, 15) is 9.59 Å². The first kappa shape index (κ1) is 20.5. The molecule has 2 aromatic carbocycles. The van der Waals surface area contributed by atoms with Gasteiger partial charge in [0.2, 0.25) is 5.91 Å². The Bertz CT molecular complexity index is 1190. The summed E-state index contributed by atoms with van der Waals surface area (Å²) in [4.78, 5) is 27.9. The standard InChI is InChI=1S/C23H19N5O2S/c1-16(29)17-7-9-19(10-8-17)25-21(30)15-31-23-27-26-22(18-11-13-24-14-12-18)28(23)20-5-3-2-4-6-20/h2-14H,15H2,1H3,(H,25,30). The first-order valence-electron chi connectivity index (χ1n) is 9.57. The summed E-state index contributed by atoms with van der Waals surface area (Å²) in [5.74, 6) is 0.652. The second-order valence-corrected chi connectivity index (χ2v) is 7.63. The van der Waals surface area contributed by atoms with Crippen LogP contribution in [0.25, 0.3) is 17.1 Å². The number of thioether (sulfide) groups is 1. The molecule has 4 aromatic rings. The summed E-state index contributed by atoms with van der Waals surface area (Å²) in [6.45, 7) is 1.51. The molecule has 0 saturated carbocycles. The van der Waals surface area contributed by atoms with E-state index in [1.807, 2.05) is 47.0 Å². The van der Waals surface area contributed by atoms with Gasteiger partial charge in [-0.05, 0) is 55.5 Å². The third-order valence-electron chi connectivity index (χ3n) is 4.49. The maximum absolute atomic E-state index is 12.5. The molecule has 0 fully saturated rings. The van der Waals surface area contributed by atoms with Gasteiger partial charge in [0, 0.05) is 34.9 Å². The number of hydrogen-bond acceptors (Lipinski definition) is 6. The van der Waals surface area contributed by atoms with Crippen molar-refractivity contribution < 1.29 is 9.59 Å². The summed E-state index contributed by atoms with van der Waals surface area (Å²) in [6, 6.07) is 20.3. The predicted molar refractivity (Wildman–Crippen MR) is 120 cm³/mol. The van der Waals surface area contributed by atoms with Crippen molar-refractivity contribution in [3.63, 3.8) is 0 Å². The molecule has 1 N–H and O–H groups in total. The zero-order valence-corrected chi connectivity index (χ0v) is 17.5. The number of carbonyl (C=O) groups excluding carboxylic acids is 2. The molecule has 0 saturated heterocycles. The number of pyridine rings is 1. The number of amides is 1. The lowest BCUT2D eigenvalue weighted by Crippen LogP contribution is -2.14. The van der Waals surface area contributed by atoms with E-state index < -0.39 is 0 Å². The number of aromatic nitrogens is 4. The Morgan fingerprint density at radius 2 is 1.65 bits per heavy atom. The van der Waals surface area contributed by atoms with Gasteiger partial charge in [-0.3, -0.25) is 19.1 Å². The minimum absolute atomic E-state index is 0.0151. The van der Waals surface area contributed by atoms with Gasteiger partial charge in [-0.2, -0.15) is 0 Å². The molecule has 2 aromatic heterocycles. The van der Waals surface area contributed by atoms with Crippen LogP contribution in [-0.4, -0.2) is 37.2 Å². The minimum Gasteiger partial charge on any atom is -0.325 e. The van der Waals surface area contributed by atoms with Crippen LogP contribution >= 0.6 is 11.8 Å². The quantitative estimate of drug-likeness (QED) is 0.349. The zero-order valence-electron chi connectivity index (χ0n) is 16.7. The van der Waals surface area contributed by atoms with E-state index in [4.69, 9.17) is 0 Å². The highest BCUT2D eigenvalue weighted by molar-refractivity contribution is 7.99. The maximum atomic E-state index is 12.5. The molecule has 7 nitrogen and oxygen atoms in total. The first-order chi connectivity index (χ1) is 15.1. The third kappa shape index (κ3) is 4.87. The molecule has 154 valence electrons. The van der Waals surface area contributed by atoms with Crippen LogP contribution in [0.3, 0.4) is 0 Å². The smallest absolute Gasteiger partial charge is 0.234 e. The van der Waals surface area contributed by atoms with Crippen molar-refractivity contribution in [2.75, 3.05) is 11.1 Å². The Morgan fingerprint density at radius 1 is 0.935 bits per heavy atom. The number of hydrogen-bond donors (Lipinski definition) is 1. The van der Waals surface area contributed by atoms with Crippen LogP contribution < -0.4 is 5.32 Å². The molecule has 2 heterocycles.